The molecular weight excluding hydrogens is 401 g/mol. The molecule has 0 radical (unpaired) electrons. The number of methoxy groups -OCH3 is 1. The second-order valence-electron chi connectivity index (χ2n) is 6.98. The molecule has 0 saturated carbocycles. The number of benzene rings is 2. The Bertz CT molecular complexity index is 895. The summed E-state index contributed by atoms with van der Waals surface area (Å²) in [5.41, 5.74) is -0.136. The summed E-state index contributed by atoms with van der Waals surface area (Å²) in [5.74, 6) is -0.0321. The van der Waals surface area contributed by atoms with Gasteiger partial charge < -0.3 is 18.9 Å². The van der Waals surface area contributed by atoms with Gasteiger partial charge in [-0.25, -0.2) is 0 Å². The Hall–Kier alpha value is -2.74. The van der Waals surface area contributed by atoms with Gasteiger partial charge in [0.25, 0.3) is 0 Å². The number of alkyl halides is 3. The third-order valence-corrected chi connectivity index (χ3v) is 5.02. The summed E-state index contributed by atoms with van der Waals surface area (Å²) in [5, 5.41) is 0. The molecule has 0 bridgehead atoms. The van der Waals surface area contributed by atoms with E-state index >= 15 is 0 Å². The Morgan fingerprint density at radius 1 is 1.17 bits per heavy atom. The number of halogens is 3. The minimum atomic E-state index is -4.48. The van der Waals surface area contributed by atoms with E-state index in [1.807, 2.05) is 19.1 Å². The summed E-state index contributed by atoms with van der Waals surface area (Å²) in [4.78, 5) is 11.9. The Labute approximate surface area is 172 Å². The third-order valence-electron chi connectivity index (χ3n) is 5.02. The highest BCUT2D eigenvalue weighted by molar-refractivity contribution is 5.72. The van der Waals surface area contributed by atoms with E-state index in [1.165, 1.54) is 19.2 Å². The molecule has 0 N–H and O–H groups in total. The lowest BCUT2D eigenvalue weighted by molar-refractivity contribution is -0.144. The minimum Gasteiger partial charge on any atom is -0.496 e. The van der Waals surface area contributed by atoms with Crippen LogP contribution < -0.4 is 9.47 Å². The molecule has 0 aliphatic carbocycles. The average Bonchev–Trinajstić information content (AvgIpc) is 3.35. The number of hydrogen-bond donors (Lipinski definition) is 0. The predicted octanol–water partition coefficient (Wildman–Crippen LogP) is 4.86. The summed E-state index contributed by atoms with van der Waals surface area (Å²) in [6.45, 7) is 4.03. The van der Waals surface area contributed by atoms with Crippen molar-refractivity contribution >= 4 is 5.97 Å². The fourth-order valence-electron chi connectivity index (χ4n) is 3.36. The maximum absolute atomic E-state index is 13.0. The molecule has 2 aromatic carbocycles. The molecule has 0 amide bonds. The maximum Gasteiger partial charge on any atom is 0.419 e. The number of ether oxygens (including phenoxy) is 4. The molecule has 1 heterocycles. The second kappa shape index (κ2) is 8.55. The fourth-order valence-corrected chi connectivity index (χ4v) is 3.36. The lowest BCUT2D eigenvalue weighted by Gasteiger charge is -2.15. The summed E-state index contributed by atoms with van der Waals surface area (Å²) in [7, 11) is 1.20. The van der Waals surface area contributed by atoms with Crippen LogP contribution in [-0.4, -0.2) is 25.8 Å². The van der Waals surface area contributed by atoms with Crippen LogP contribution in [0.3, 0.4) is 0 Å². The molecule has 8 heteroatoms. The average molecular weight is 424 g/mol. The molecule has 2 atom stereocenters. The molecule has 1 aliphatic rings. The molecule has 162 valence electrons. The van der Waals surface area contributed by atoms with E-state index in [0.717, 1.165) is 11.6 Å². The van der Waals surface area contributed by atoms with Crippen LogP contribution in [0.4, 0.5) is 13.2 Å². The molecular formula is C22H23F3O5. The van der Waals surface area contributed by atoms with Gasteiger partial charge in [-0.1, -0.05) is 18.2 Å². The van der Waals surface area contributed by atoms with Gasteiger partial charge in [0.2, 0.25) is 0 Å². The number of epoxide rings is 1. The van der Waals surface area contributed by atoms with E-state index in [9.17, 15) is 18.0 Å². The normalized spacial score (nSPS) is 20.5. The van der Waals surface area contributed by atoms with Crippen LogP contribution in [0.1, 0.15) is 37.0 Å². The van der Waals surface area contributed by atoms with Gasteiger partial charge in [-0.3, -0.25) is 4.79 Å². The van der Waals surface area contributed by atoms with Crippen molar-refractivity contribution < 1.29 is 36.9 Å². The van der Waals surface area contributed by atoms with Crippen molar-refractivity contribution in [3.05, 3.63) is 59.2 Å². The molecule has 1 aliphatic heterocycles. The van der Waals surface area contributed by atoms with Gasteiger partial charge >= 0.3 is 12.1 Å². The van der Waals surface area contributed by atoms with E-state index < -0.39 is 17.3 Å². The summed E-state index contributed by atoms with van der Waals surface area (Å²) in [6, 6.07) is 10.7. The molecule has 1 fully saturated rings. The minimum absolute atomic E-state index is 0.0781. The zero-order chi connectivity index (χ0) is 21.9. The largest absolute Gasteiger partial charge is 0.496 e. The molecule has 2 unspecified atom stereocenters. The summed E-state index contributed by atoms with van der Waals surface area (Å²) in [6.07, 6.45) is -4.45. The molecule has 0 spiro atoms. The Morgan fingerprint density at radius 3 is 2.37 bits per heavy atom. The van der Waals surface area contributed by atoms with Crippen molar-refractivity contribution in [3.8, 4) is 11.5 Å². The van der Waals surface area contributed by atoms with E-state index in [1.54, 1.807) is 19.1 Å². The lowest BCUT2D eigenvalue weighted by Crippen LogP contribution is -2.19. The monoisotopic (exact) mass is 424 g/mol. The molecule has 30 heavy (non-hydrogen) atoms. The van der Waals surface area contributed by atoms with Gasteiger partial charge in [0.05, 0.1) is 31.8 Å². The molecule has 0 aromatic heterocycles. The summed E-state index contributed by atoms with van der Waals surface area (Å²) >= 11 is 0. The van der Waals surface area contributed by atoms with Crippen molar-refractivity contribution in [2.45, 2.75) is 44.8 Å². The standard InChI is InChI=1S/C22H23F3O5/c1-4-28-20(26)12-21(14(2)30-21)16-6-8-17(9-7-16)29-13-15-5-10-18(22(23,24)25)19(11-15)27-3/h5-11,14H,4,12-13H2,1-3H3. The van der Waals surface area contributed by atoms with E-state index in [-0.39, 0.29) is 30.9 Å². The zero-order valence-electron chi connectivity index (χ0n) is 16.9. The van der Waals surface area contributed by atoms with Gasteiger partial charge in [-0.05, 0) is 49.2 Å². The molecule has 3 rings (SSSR count). The number of esters is 1. The van der Waals surface area contributed by atoms with Crippen molar-refractivity contribution in [1.82, 2.24) is 0 Å². The highest BCUT2D eigenvalue weighted by Crippen LogP contribution is 2.49. The third kappa shape index (κ3) is 4.70. The van der Waals surface area contributed by atoms with Gasteiger partial charge in [0.15, 0.2) is 0 Å². The molecule has 1 saturated heterocycles. The van der Waals surface area contributed by atoms with Crippen molar-refractivity contribution in [3.63, 3.8) is 0 Å². The zero-order valence-corrected chi connectivity index (χ0v) is 16.9. The quantitative estimate of drug-likeness (QED) is 0.448. The number of hydrogen-bond acceptors (Lipinski definition) is 5. The van der Waals surface area contributed by atoms with Crippen molar-refractivity contribution in [2.75, 3.05) is 13.7 Å². The highest BCUT2D eigenvalue weighted by Gasteiger charge is 2.56. The Kier molecular flexibility index (Phi) is 6.26. The lowest BCUT2D eigenvalue weighted by atomic mass is 9.92. The van der Waals surface area contributed by atoms with Crippen LogP contribution in [0.5, 0.6) is 11.5 Å². The topological polar surface area (TPSA) is 57.3 Å². The first-order valence-electron chi connectivity index (χ1n) is 9.50. The van der Waals surface area contributed by atoms with Crippen LogP contribution in [0.2, 0.25) is 0 Å². The summed E-state index contributed by atoms with van der Waals surface area (Å²) < 4.78 is 60.1. The van der Waals surface area contributed by atoms with Gasteiger partial charge in [-0.2, -0.15) is 13.2 Å². The van der Waals surface area contributed by atoms with E-state index in [4.69, 9.17) is 18.9 Å². The fraction of sp³-hybridized carbons (Fsp3) is 0.409. The van der Waals surface area contributed by atoms with Gasteiger partial charge in [0, 0.05) is 0 Å². The van der Waals surface area contributed by atoms with Gasteiger partial charge in [0.1, 0.15) is 23.7 Å². The van der Waals surface area contributed by atoms with Crippen LogP contribution in [0, 0.1) is 0 Å². The van der Waals surface area contributed by atoms with Crippen LogP contribution in [0.25, 0.3) is 0 Å². The van der Waals surface area contributed by atoms with E-state index in [2.05, 4.69) is 0 Å². The first kappa shape index (κ1) is 22.0. The van der Waals surface area contributed by atoms with Crippen LogP contribution in [-0.2, 0) is 32.7 Å². The maximum atomic E-state index is 13.0. The Balaban J connectivity index is 1.66. The first-order chi connectivity index (χ1) is 14.2. The van der Waals surface area contributed by atoms with Gasteiger partial charge in [-0.15, -0.1) is 0 Å². The smallest absolute Gasteiger partial charge is 0.419 e. The predicted molar refractivity (Wildman–Crippen MR) is 102 cm³/mol. The van der Waals surface area contributed by atoms with E-state index in [0.29, 0.717) is 17.9 Å². The second-order valence-corrected chi connectivity index (χ2v) is 6.98. The number of rotatable bonds is 8. The number of carbonyl (C=O) groups is 1. The number of carbonyl (C=O) groups excluding carboxylic acids is 1. The highest BCUT2D eigenvalue weighted by atomic mass is 19.4. The molecule has 2 aromatic rings. The van der Waals surface area contributed by atoms with Crippen LogP contribution in [0.15, 0.2) is 42.5 Å². The van der Waals surface area contributed by atoms with Crippen molar-refractivity contribution in [2.24, 2.45) is 0 Å². The molecule has 5 nitrogen and oxygen atoms in total. The Morgan fingerprint density at radius 2 is 1.83 bits per heavy atom. The SMILES string of the molecule is CCOC(=O)CC1(c2ccc(OCc3ccc(C(F)(F)F)c(OC)c3)cc2)OC1C. The van der Waals surface area contributed by atoms with Crippen LogP contribution >= 0.6 is 0 Å². The first-order valence-corrected chi connectivity index (χ1v) is 9.50. The van der Waals surface area contributed by atoms with Crippen molar-refractivity contribution in [1.29, 1.82) is 0 Å².